The first-order chi connectivity index (χ1) is 8.85. The van der Waals surface area contributed by atoms with Gasteiger partial charge < -0.3 is 9.80 Å². The number of anilines is 1. The Morgan fingerprint density at radius 3 is 2.58 bits per heavy atom. The van der Waals surface area contributed by atoms with E-state index in [1.807, 2.05) is 25.9 Å². The average Bonchev–Trinajstić information content (AvgIpc) is 2.27. The SMILES string of the molecule is CCN(c1cc([N+](=O)[O-])cc(Cl)n1)C(C)CN(C)C. The van der Waals surface area contributed by atoms with Gasteiger partial charge in [0.25, 0.3) is 5.69 Å². The molecule has 19 heavy (non-hydrogen) atoms. The van der Waals surface area contributed by atoms with Gasteiger partial charge in [-0.3, -0.25) is 10.1 Å². The minimum absolute atomic E-state index is 0.0366. The molecule has 0 fully saturated rings. The number of likely N-dealkylation sites (N-methyl/N-ethyl adjacent to an activating group) is 2. The first-order valence-electron chi connectivity index (χ1n) is 6.08. The van der Waals surface area contributed by atoms with Crippen LogP contribution in [0, 0.1) is 10.1 Å². The highest BCUT2D eigenvalue weighted by Crippen LogP contribution is 2.24. The summed E-state index contributed by atoms with van der Waals surface area (Å²) in [7, 11) is 3.97. The van der Waals surface area contributed by atoms with Gasteiger partial charge in [0, 0.05) is 19.1 Å². The first-order valence-corrected chi connectivity index (χ1v) is 6.46. The first kappa shape index (κ1) is 15.7. The summed E-state index contributed by atoms with van der Waals surface area (Å²) in [5.74, 6) is 0.538. The quantitative estimate of drug-likeness (QED) is 0.456. The molecule has 106 valence electrons. The number of hydrogen-bond acceptors (Lipinski definition) is 5. The number of halogens is 1. The van der Waals surface area contributed by atoms with Crippen molar-refractivity contribution in [2.24, 2.45) is 0 Å². The van der Waals surface area contributed by atoms with Crippen LogP contribution in [0.5, 0.6) is 0 Å². The molecule has 1 aromatic rings. The lowest BCUT2D eigenvalue weighted by molar-refractivity contribution is -0.384. The Kier molecular flexibility index (Phi) is 5.50. The van der Waals surface area contributed by atoms with E-state index in [9.17, 15) is 10.1 Å². The minimum atomic E-state index is -0.457. The molecule has 1 unspecified atom stereocenters. The van der Waals surface area contributed by atoms with Gasteiger partial charge in [-0.05, 0) is 27.9 Å². The van der Waals surface area contributed by atoms with Gasteiger partial charge in [0.1, 0.15) is 11.0 Å². The third-order valence-corrected chi connectivity index (χ3v) is 2.97. The second-order valence-electron chi connectivity index (χ2n) is 4.66. The largest absolute Gasteiger partial charge is 0.353 e. The minimum Gasteiger partial charge on any atom is -0.353 e. The molecule has 0 N–H and O–H groups in total. The van der Waals surface area contributed by atoms with E-state index in [-0.39, 0.29) is 16.9 Å². The van der Waals surface area contributed by atoms with Gasteiger partial charge in [0.15, 0.2) is 0 Å². The summed E-state index contributed by atoms with van der Waals surface area (Å²) >= 11 is 5.85. The van der Waals surface area contributed by atoms with E-state index in [0.717, 1.165) is 6.54 Å². The average molecular weight is 287 g/mol. The maximum Gasteiger partial charge on any atom is 0.276 e. The molecule has 0 bridgehead atoms. The molecule has 0 aliphatic carbocycles. The molecule has 0 spiro atoms. The van der Waals surface area contributed by atoms with Crippen molar-refractivity contribution < 1.29 is 4.92 Å². The smallest absolute Gasteiger partial charge is 0.276 e. The lowest BCUT2D eigenvalue weighted by Gasteiger charge is -2.31. The molecule has 0 aromatic carbocycles. The normalized spacial score (nSPS) is 12.5. The molecule has 0 amide bonds. The zero-order chi connectivity index (χ0) is 14.6. The van der Waals surface area contributed by atoms with Crippen LogP contribution in [-0.2, 0) is 0 Å². The molecular weight excluding hydrogens is 268 g/mol. The highest BCUT2D eigenvalue weighted by atomic mass is 35.5. The molecule has 7 heteroatoms. The maximum absolute atomic E-state index is 10.9. The Morgan fingerprint density at radius 2 is 2.11 bits per heavy atom. The summed E-state index contributed by atoms with van der Waals surface area (Å²) in [6, 6.07) is 2.91. The molecule has 0 saturated carbocycles. The van der Waals surface area contributed by atoms with E-state index in [1.165, 1.54) is 12.1 Å². The highest BCUT2D eigenvalue weighted by Gasteiger charge is 2.19. The van der Waals surface area contributed by atoms with Crippen molar-refractivity contribution >= 4 is 23.1 Å². The van der Waals surface area contributed by atoms with Gasteiger partial charge in [-0.25, -0.2) is 4.98 Å². The van der Waals surface area contributed by atoms with Crippen molar-refractivity contribution in [1.29, 1.82) is 0 Å². The van der Waals surface area contributed by atoms with Crippen LogP contribution in [0.1, 0.15) is 13.8 Å². The summed E-state index contributed by atoms with van der Waals surface area (Å²) in [4.78, 5) is 18.6. The fraction of sp³-hybridized carbons (Fsp3) is 0.583. The Labute approximate surface area is 118 Å². The fourth-order valence-corrected chi connectivity index (χ4v) is 2.25. The van der Waals surface area contributed by atoms with Crippen LogP contribution in [0.3, 0.4) is 0 Å². The Morgan fingerprint density at radius 1 is 1.47 bits per heavy atom. The molecule has 1 aromatic heterocycles. The summed E-state index contributed by atoms with van der Waals surface area (Å²) < 4.78 is 0. The third kappa shape index (κ3) is 4.33. The number of aromatic nitrogens is 1. The number of nitrogens with zero attached hydrogens (tertiary/aromatic N) is 4. The standard InChI is InChI=1S/C12H19ClN4O2/c1-5-16(9(2)8-15(3)4)12-7-10(17(18)19)6-11(13)14-12/h6-7,9H,5,8H2,1-4H3. The van der Waals surface area contributed by atoms with Crippen LogP contribution in [-0.4, -0.2) is 48.0 Å². The summed E-state index contributed by atoms with van der Waals surface area (Å²) in [6.45, 7) is 5.58. The zero-order valence-corrected chi connectivity index (χ0v) is 12.4. The number of nitro groups is 1. The van der Waals surface area contributed by atoms with Crippen molar-refractivity contribution in [2.45, 2.75) is 19.9 Å². The molecule has 1 rings (SSSR count). The van der Waals surface area contributed by atoms with Gasteiger partial charge in [0.2, 0.25) is 0 Å². The van der Waals surface area contributed by atoms with Crippen molar-refractivity contribution in [2.75, 3.05) is 32.1 Å². The second-order valence-corrected chi connectivity index (χ2v) is 5.05. The van der Waals surface area contributed by atoms with E-state index in [2.05, 4.69) is 16.8 Å². The number of rotatable bonds is 6. The maximum atomic E-state index is 10.9. The lowest BCUT2D eigenvalue weighted by atomic mass is 10.2. The van der Waals surface area contributed by atoms with E-state index in [4.69, 9.17) is 11.6 Å². The van der Waals surface area contributed by atoms with E-state index in [0.29, 0.717) is 12.4 Å². The molecule has 1 heterocycles. The Bertz CT molecular complexity index is 453. The predicted molar refractivity (Wildman–Crippen MR) is 76.9 cm³/mol. The van der Waals surface area contributed by atoms with Crippen LogP contribution in [0.25, 0.3) is 0 Å². The molecule has 1 atom stereocenters. The van der Waals surface area contributed by atoms with E-state index >= 15 is 0 Å². The van der Waals surface area contributed by atoms with E-state index in [1.54, 1.807) is 0 Å². The molecule has 0 saturated heterocycles. The van der Waals surface area contributed by atoms with Crippen molar-refractivity contribution in [3.63, 3.8) is 0 Å². The van der Waals surface area contributed by atoms with Crippen LogP contribution in [0.2, 0.25) is 5.15 Å². The second kappa shape index (κ2) is 6.68. The topological polar surface area (TPSA) is 62.5 Å². The Hall–Kier alpha value is -1.40. The van der Waals surface area contributed by atoms with Gasteiger partial charge in [-0.1, -0.05) is 11.6 Å². The zero-order valence-electron chi connectivity index (χ0n) is 11.6. The van der Waals surface area contributed by atoms with Crippen LogP contribution < -0.4 is 4.90 Å². The summed E-state index contributed by atoms with van der Waals surface area (Å²) in [6.07, 6.45) is 0. The van der Waals surface area contributed by atoms with Crippen molar-refractivity contribution in [3.05, 3.63) is 27.4 Å². The Balaban J connectivity index is 3.07. The third-order valence-electron chi connectivity index (χ3n) is 2.77. The van der Waals surface area contributed by atoms with Crippen LogP contribution in [0.15, 0.2) is 12.1 Å². The van der Waals surface area contributed by atoms with Crippen molar-refractivity contribution in [1.82, 2.24) is 9.88 Å². The van der Waals surface area contributed by atoms with E-state index < -0.39 is 4.92 Å². The van der Waals surface area contributed by atoms with Gasteiger partial charge in [0.05, 0.1) is 17.1 Å². The van der Waals surface area contributed by atoms with Gasteiger partial charge >= 0.3 is 0 Å². The molecule has 0 aliphatic rings. The molecule has 6 nitrogen and oxygen atoms in total. The van der Waals surface area contributed by atoms with Crippen LogP contribution >= 0.6 is 11.6 Å². The van der Waals surface area contributed by atoms with Crippen LogP contribution in [0.4, 0.5) is 11.5 Å². The fourth-order valence-electron chi connectivity index (χ4n) is 2.05. The predicted octanol–water partition coefficient (Wildman–Crippen LogP) is 2.42. The molecule has 0 aliphatic heterocycles. The van der Waals surface area contributed by atoms with Gasteiger partial charge in [-0.15, -0.1) is 0 Å². The van der Waals surface area contributed by atoms with Crippen molar-refractivity contribution in [3.8, 4) is 0 Å². The lowest BCUT2D eigenvalue weighted by Crippen LogP contribution is -2.40. The van der Waals surface area contributed by atoms with Gasteiger partial charge in [-0.2, -0.15) is 0 Å². The summed E-state index contributed by atoms with van der Waals surface area (Å²) in [5.41, 5.74) is -0.0366. The number of pyridine rings is 1. The highest BCUT2D eigenvalue weighted by molar-refractivity contribution is 6.29. The summed E-state index contributed by atoms with van der Waals surface area (Å²) in [5, 5.41) is 11.0. The number of hydrogen-bond donors (Lipinski definition) is 0. The monoisotopic (exact) mass is 286 g/mol. The molecular formula is C12H19ClN4O2. The molecule has 0 radical (unpaired) electrons.